The van der Waals surface area contributed by atoms with E-state index in [1.54, 1.807) is 20.3 Å². The van der Waals surface area contributed by atoms with Gasteiger partial charge in [0.25, 0.3) is 0 Å². The summed E-state index contributed by atoms with van der Waals surface area (Å²) in [5.41, 5.74) is 0.792. The van der Waals surface area contributed by atoms with Crippen molar-refractivity contribution in [2.45, 2.75) is 24.7 Å². The number of rotatable bonds is 6. The van der Waals surface area contributed by atoms with Crippen LogP contribution in [0.15, 0.2) is 24.3 Å². The van der Waals surface area contributed by atoms with Crippen molar-refractivity contribution in [2.24, 2.45) is 0 Å². The van der Waals surface area contributed by atoms with Crippen molar-refractivity contribution < 1.29 is 14.6 Å². The van der Waals surface area contributed by atoms with Gasteiger partial charge in [-0.05, 0) is 18.1 Å². The zero-order valence-corrected chi connectivity index (χ0v) is 12.7. The third-order valence-corrected chi connectivity index (χ3v) is 4.22. The van der Waals surface area contributed by atoms with Gasteiger partial charge in [-0.3, -0.25) is 4.90 Å². The highest BCUT2D eigenvalue weighted by atomic mass is 35.5. The fourth-order valence-electron chi connectivity index (χ4n) is 2.66. The molecule has 0 bridgehead atoms. The number of nitrogens with zero attached hydrogens (tertiary/aromatic N) is 1. The zero-order chi connectivity index (χ0) is 14.5. The van der Waals surface area contributed by atoms with Crippen LogP contribution in [0.4, 0.5) is 0 Å². The normalized spacial score (nSPS) is 25.0. The Labute approximate surface area is 125 Å². The molecule has 1 fully saturated rings. The van der Waals surface area contributed by atoms with E-state index in [1.165, 1.54) is 0 Å². The molecule has 0 radical (unpaired) electrons. The maximum absolute atomic E-state index is 10.2. The Morgan fingerprint density at radius 2 is 1.85 bits per heavy atom. The molecule has 1 aromatic rings. The lowest BCUT2D eigenvalue weighted by Gasteiger charge is -2.18. The van der Waals surface area contributed by atoms with Crippen molar-refractivity contribution >= 4 is 11.6 Å². The van der Waals surface area contributed by atoms with Crippen LogP contribution >= 0.6 is 11.6 Å². The van der Waals surface area contributed by atoms with Crippen LogP contribution in [-0.2, 0) is 9.47 Å². The van der Waals surface area contributed by atoms with E-state index < -0.39 is 6.10 Å². The van der Waals surface area contributed by atoms with Crippen LogP contribution in [0.25, 0.3) is 0 Å². The van der Waals surface area contributed by atoms with Gasteiger partial charge < -0.3 is 14.6 Å². The number of ether oxygens (including phenoxy) is 2. The van der Waals surface area contributed by atoms with E-state index in [-0.39, 0.29) is 12.2 Å². The van der Waals surface area contributed by atoms with Gasteiger partial charge in [-0.25, -0.2) is 0 Å². The Morgan fingerprint density at radius 3 is 2.40 bits per heavy atom. The van der Waals surface area contributed by atoms with Gasteiger partial charge in [-0.15, -0.1) is 0 Å². The van der Waals surface area contributed by atoms with Crippen LogP contribution in [0.5, 0.6) is 0 Å². The highest BCUT2D eigenvalue weighted by Gasteiger charge is 2.32. The molecule has 1 heterocycles. The van der Waals surface area contributed by atoms with Crippen LogP contribution in [0.3, 0.4) is 0 Å². The molecule has 0 aromatic heterocycles. The van der Waals surface area contributed by atoms with Crippen LogP contribution in [-0.4, -0.2) is 56.1 Å². The van der Waals surface area contributed by atoms with Gasteiger partial charge in [0.2, 0.25) is 0 Å². The van der Waals surface area contributed by atoms with E-state index in [2.05, 4.69) is 4.90 Å². The number of halogens is 1. The van der Waals surface area contributed by atoms with Crippen LogP contribution in [0.2, 0.25) is 5.02 Å². The van der Waals surface area contributed by atoms with E-state index in [0.717, 1.165) is 25.2 Å². The minimum Gasteiger partial charge on any atom is -0.388 e. The fraction of sp³-hybridized carbons (Fsp3) is 0.600. The van der Waals surface area contributed by atoms with E-state index >= 15 is 0 Å². The Morgan fingerprint density at radius 1 is 1.25 bits per heavy atom. The molecule has 20 heavy (non-hydrogen) atoms. The Balaban J connectivity index is 1.85. The van der Waals surface area contributed by atoms with Crippen molar-refractivity contribution in [1.29, 1.82) is 0 Å². The third-order valence-electron chi connectivity index (χ3n) is 3.88. The van der Waals surface area contributed by atoms with E-state index in [4.69, 9.17) is 21.1 Å². The van der Waals surface area contributed by atoms with Crippen molar-refractivity contribution in [1.82, 2.24) is 4.90 Å². The molecular formula is C15H22ClNO3. The van der Waals surface area contributed by atoms with Crippen LogP contribution in [0.1, 0.15) is 18.1 Å². The first-order chi connectivity index (χ1) is 9.65. The molecule has 3 unspecified atom stereocenters. The van der Waals surface area contributed by atoms with Gasteiger partial charge in [-0.1, -0.05) is 29.8 Å². The molecule has 0 amide bonds. The summed E-state index contributed by atoms with van der Waals surface area (Å²) >= 11 is 6.09. The van der Waals surface area contributed by atoms with Gasteiger partial charge in [0, 0.05) is 38.9 Å². The summed E-state index contributed by atoms with van der Waals surface area (Å²) in [6, 6.07) is 7.43. The van der Waals surface area contributed by atoms with E-state index in [1.807, 2.05) is 18.2 Å². The quantitative estimate of drug-likeness (QED) is 0.873. The summed E-state index contributed by atoms with van der Waals surface area (Å²) in [7, 11) is 3.41. The number of likely N-dealkylation sites (tertiary alicyclic amines) is 1. The summed E-state index contributed by atoms with van der Waals surface area (Å²) < 4.78 is 10.8. The molecule has 3 atom stereocenters. The Kier molecular flexibility index (Phi) is 5.81. The van der Waals surface area contributed by atoms with Gasteiger partial charge in [0.15, 0.2) is 0 Å². The van der Waals surface area contributed by atoms with Crippen LogP contribution < -0.4 is 0 Å². The summed E-state index contributed by atoms with van der Waals surface area (Å²) in [6.07, 6.45) is 0.331. The summed E-state index contributed by atoms with van der Waals surface area (Å²) in [4.78, 5) is 2.25. The van der Waals surface area contributed by atoms with Crippen molar-refractivity contribution in [3.05, 3.63) is 34.9 Å². The van der Waals surface area contributed by atoms with Gasteiger partial charge in [-0.2, -0.15) is 0 Å². The average molecular weight is 300 g/mol. The van der Waals surface area contributed by atoms with Gasteiger partial charge in [0.1, 0.15) is 0 Å². The fourth-order valence-corrected chi connectivity index (χ4v) is 2.92. The molecule has 0 aliphatic carbocycles. The summed E-state index contributed by atoms with van der Waals surface area (Å²) in [5, 5.41) is 10.9. The number of methoxy groups -OCH3 is 2. The highest BCUT2D eigenvalue weighted by Crippen LogP contribution is 2.26. The molecule has 112 valence electrons. The van der Waals surface area contributed by atoms with E-state index in [0.29, 0.717) is 11.4 Å². The number of benzene rings is 1. The standard InChI is InChI=1S/C15H22ClNO3/c1-19-14-9-17(10-15(14)20-2)8-7-13(18)11-5-3-4-6-12(11)16/h3-6,13-15,18H,7-10H2,1-2H3. The first-order valence-electron chi connectivity index (χ1n) is 6.86. The predicted octanol–water partition coefficient (Wildman–Crippen LogP) is 2.11. The first kappa shape index (κ1) is 15.7. The number of aliphatic hydroxyl groups excluding tert-OH is 1. The lowest BCUT2D eigenvalue weighted by Crippen LogP contribution is -2.27. The lowest BCUT2D eigenvalue weighted by molar-refractivity contribution is -0.00461. The molecule has 0 spiro atoms. The molecular weight excluding hydrogens is 278 g/mol. The minimum absolute atomic E-state index is 0.109. The average Bonchev–Trinajstić information content (AvgIpc) is 2.87. The second-order valence-electron chi connectivity index (χ2n) is 5.13. The molecule has 1 saturated heterocycles. The second-order valence-corrected chi connectivity index (χ2v) is 5.54. The minimum atomic E-state index is -0.536. The molecule has 2 rings (SSSR count). The molecule has 0 saturated carbocycles. The molecule has 1 aromatic carbocycles. The first-order valence-corrected chi connectivity index (χ1v) is 7.24. The van der Waals surface area contributed by atoms with Crippen LogP contribution in [0, 0.1) is 0 Å². The largest absolute Gasteiger partial charge is 0.388 e. The number of aliphatic hydroxyl groups is 1. The molecule has 1 aliphatic rings. The molecule has 4 nitrogen and oxygen atoms in total. The number of hydrogen-bond acceptors (Lipinski definition) is 4. The van der Waals surface area contributed by atoms with Crippen molar-refractivity contribution in [2.75, 3.05) is 33.9 Å². The zero-order valence-electron chi connectivity index (χ0n) is 12.0. The molecule has 1 N–H and O–H groups in total. The monoisotopic (exact) mass is 299 g/mol. The Hall–Kier alpha value is -0.650. The molecule has 1 aliphatic heterocycles. The lowest BCUT2D eigenvalue weighted by atomic mass is 10.1. The third kappa shape index (κ3) is 3.71. The smallest absolute Gasteiger partial charge is 0.0971 e. The molecule has 5 heteroatoms. The maximum atomic E-state index is 10.2. The second kappa shape index (κ2) is 7.38. The number of hydrogen-bond donors (Lipinski definition) is 1. The Bertz CT molecular complexity index is 417. The predicted molar refractivity (Wildman–Crippen MR) is 79.1 cm³/mol. The van der Waals surface area contributed by atoms with Gasteiger partial charge >= 0.3 is 0 Å². The summed E-state index contributed by atoms with van der Waals surface area (Å²) in [6.45, 7) is 2.47. The summed E-state index contributed by atoms with van der Waals surface area (Å²) in [5.74, 6) is 0. The van der Waals surface area contributed by atoms with Gasteiger partial charge in [0.05, 0.1) is 18.3 Å². The van der Waals surface area contributed by atoms with E-state index in [9.17, 15) is 5.11 Å². The maximum Gasteiger partial charge on any atom is 0.0971 e. The van der Waals surface area contributed by atoms with Crippen molar-refractivity contribution in [3.8, 4) is 0 Å². The topological polar surface area (TPSA) is 41.9 Å². The highest BCUT2D eigenvalue weighted by molar-refractivity contribution is 6.31. The van der Waals surface area contributed by atoms with Crippen molar-refractivity contribution in [3.63, 3.8) is 0 Å². The SMILES string of the molecule is COC1CN(CCC(O)c2ccccc2Cl)CC1OC.